The summed E-state index contributed by atoms with van der Waals surface area (Å²) in [6.45, 7) is 7.73. The van der Waals surface area contributed by atoms with Crippen LogP contribution in [0, 0.1) is 12.8 Å². The van der Waals surface area contributed by atoms with Gasteiger partial charge in [-0.3, -0.25) is 14.0 Å². The Labute approximate surface area is 177 Å². The first kappa shape index (κ1) is 20.3. The van der Waals surface area contributed by atoms with Crippen molar-refractivity contribution in [3.8, 4) is 11.3 Å². The number of likely N-dealkylation sites (tertiary alicyclic amines) is 1. The van der Waals surface area contributed by atoms with Crippen molar-refractivity contribution < 1.29 is 9.59 Å². The number of hydrogen-bond acceptors (Lipinski definition) is 3. The summed E-state index contributed by atoms with van der Waals surface area (Å²) in [7, 11) is 0. The van der Waals surface area contributed by atoms with E-state index in [1.807, 2.05) is 58.8 Å². The van der Waals surface area contributed by atoms with Gasteiger partial charge >= 0.3 is 0 Å². The number of ketones is 1. The Balaban J connectivity index is 1.73. The van der Waals surface area contributed by atoms with Crippen LogP contribution in [-0.2, 0) is 0 Å². The molecule has 3 heterocycles. The quantitative estimate of drug-likeness (QED) is 0.553. The standard InChI is InChI=1S/C25H29N3O2/c1-17(2)14-22(29)19-8-7-9-20(15-19)24-18(3)26-23-11-10-21(16-28(23)24)25(30)27-12-5-4-6-13-27/h7-11,15-17H,4-6,12-14H2,1-3H3. The molecule has 0 saturated carbocycles. The molecule has 4 rings (SSSR count). The Hall–Kier alpha value is -2.95. The third kappa shape index (κ3) is 4.02. The molecule has 0 bridgehead atoms. The van der Waals surface area contributed by atoms with Gasteiger partial charge in [0.15, 0.2) is 5.78 Å². The van der Waals surface area contributed by atoms with E-state index in [1.54, 1.807) is 0 Å². The van der Waals surface area contributed by atoms with Crippen molar-refractivity contribution in [1.82, 2.24) is 14.3 Å². The van der Waals surface area contributed by atoms with Gasteiger partial charge < -0.3 is 4.90 Å². The zero-order valence-electron chi connectivity index (χ0n) is 18.0. The van der Waals surface area contributed by atoms with E-state index < -0.39 is 0 Å². The number of hydrogen-bond donors (Lipinski definition) is 0. The van der Waals surface area contributed by atoms with E-state index in [2.05, 4.69) is 18.8 Å². The Morgan fingerprint density at radius 3 is 2.53 bits per heavy atom. The summed E-state index contributed by atoms with van der Waals surface area (Å²) in [6, 6.07) is 11.5. The molecule has 1 saturated heterocycles. The van der Waals surface area contributed by atoms with Gasteiger partial charge in [0.2, 0.25) is 0 Å². The first-order chi connectivity index (χ1) is 14.4. The second-order valence-electron chi connectivity index (χ2n) is 8.65. The largest absolute Gasteiger partial charge is 0.339 e. The predicted octanol–water partition coefficient (Wildman–Crippen LogP) is 5.16. The number of benzene rings is 1. The average molecular weight is 404 g/mol. The highest BCUT2D eigenvalue weighted by Crippen LogP contribution is 2.27. The van der Waals surface area contributed by atoms with Crippen LogP contribution in [-0.4, -0.2) is 39.1 Å². The van der Waals surface area contributed by atoms with Crippen LogP contribution >= 0.6 is 0 Å². The summed E-state index contributed by atoms with van der Waals surface area (Å²) in [5.41, 5.74) is 4.95. The molecule has 30 heavy (non-hydrogen) atoms. The highest BCUT2D eigenvalue weighted by Gasteiger charge is 2.20. The van der Waals surface area contributed by atoms with E-state index in [9.17, 15) is 9.59 Å². The molecule has 3 aromatic rings. The molecule has 0 N–H and O–H groups in total. The van der Waals surface area contributed by atoms with Gasteiger partial charge in [-0.05, 0) is 50.3 Å². The number of rotatable bonds is 5. The molecule has 0 aliphatic carbocycles. The second-order valence-corrected chi connectivity index (χ2v) is 8.65. The smallest absolute Gasteiger partial charge is 0.255 e. The molecule has 156 valence electrons. The molecular weight excluding hydrogens is 374 g/mol. The van der Waals surface area contributed by atoms with Crippen LogP contribution in [0.3, 0.4) is 0 Å². The molecule has 5 nitrogen and oxygen atoms in total. The minimum absolute atomic E-state index is 0.0785. The third-order valence-electron chi connectivity index (χ3n) is 5.73. The lowest BCUT2D eigenvalue weighted by Gasteiger charge is -2.26. The lowest BCUT2D eigenvalue weighted by atomic mass is 9.98. The zero-order chi connectivity index (χ0) is 21.3. The van der Waals surface area contributed by atoms with Gasteiger partial charge in [0.1, 0.15) is 5.65 Å². The predicted molar refractivity (Wildman–Crippen MR) is 119 cm³/mol. The number of nitrogens with zero attached hydrogens (tertiary/aromatic N) is 3. The maximum atomic E-state index is 13.0. The summed E-state index contributed by atoms with van der Waals surface area (Å²) in [5, 5.41) is 0. The van der Waals surface area contributed by atoms with Crippen LogP contribution in [0.2, 0.25) is 0 Å². The highest BCUT2D eigenvalue weighted by atomic mass is 16.2. The number of pyridine rings is 1. The fourth-order valence-electron chi connectivity index (χ4n) is 4.24. The normalized spacial score (nSPS) is 14.5. The summed E-state index contributed by atoms with van der Waals surface area (Å²) in [4.78, 5) is 32.2. The van der Waals surface area contributed by atoms with Crippen LogP contribution in [0.15, 0.2) is 42.6 Å². The number of carbonyl (C=O) groups is 2. The van der Waals surface area contributed by atoms with Gasteiger partial charge in [0.25, 0.3) is 5.91 Å². The number of carbonyl (C=O) groups excluding carboxylic acids is 2. The molecule has 1 aliphatic rings. The second kappa shape index (κ2) is 8.42. The summed E-state index contributed by atoms with van der Waals surface area (Å²) in [6.07, 6.45) is 5.76. The minimum atomic E-state index is 0.0785. The van der Waals surface area contributed by atoms with E-state index in [-0.39, 0.29) is 11.7 Å². The zero-order valence-corrected chi connectivity index (χ0v) is 18.0. The highest BCUT2D eigenvalue weighted by molar-refractivity contribution is 5.97. The molecule has 5 heteroatoms. The topological polar surface area (TPSA) is 54.7 Å². The lowest BCUT2D eigenvalue weighted by Crippen LogP contribution is -2.35. The van der Waals surface area contributed by atoms with E-state index >= 15 is 0 Å². The average Bonchev–Trinajstić information content (AvgIpc) is 3.08. The Bertz CT molecular complexity index is 1090. The number of aromatic nitrogens is 2. The Morgan fingerprint density at radius 1 is 1.03 bits per heavy atom. The molecule has 1 fully saturated rings. The van der Waals surface area contributed by atoms with E-state index in [0.717, 1.165) is 54.1 Å². The van der Waals surface area contributed by atoms with Crippen LogP contribution in [0.4, 0.5) is 0 Å². The maximum absolute atomic E-state index is 13.0. The van der Waals surface area contributed by atoms with Gasteiger partial charge in [-0.25, -0.2) is 4.98 Å². The van der Waals surface area contributed by atoms with E-state index in [0.29, 0.717) is 17.9 Å². The van der Waals surface area contributed by atoms with Gasteiger partial charge in [-0.2, -0.15) is 0 Å². The number of amides is 1. The Morgan fingerprint density at radius 2 is 1.80 bits per heavy atom. The molecule has 1 amide bonds. The van der Waals surface area contributed by atoms with E-state index in [4.69, 9.17) is 0 Å². The number of Topliss-reactive ketones (excluding diaryl/α,β-unsaturated/α-hetero) is 1. The first-order valence-corrected chi connectivity index (χ1v) is 10.9. The molecule has 0 unspecified atom stereocenters. The SMILES string of the molecule is Cc1nc2ccc(C(=O)N3CCCCC3)cn2c1-c1cccc(C(=O)CC(C)C)c1. The van der Waals surface area contributed by atoms with Crippen molar-refractivity contribution in [1.29, 1.82) is 0 Å². The van der Waals surface area contributed by atoms with E-state index in [1.165, 1.54) is 6.42 Å². The van der Waals surface area contributed by atoms with Crippen molar-refractivity contribution in [3.05, 3.63) is 59.4 Å². The van der Waals surface area contributed by atoms with Crippen LogP contribution in [0.1, 0.15) is 65.9 Å². The molecule has 1 aliphatic heterocycles. The van der Waals surface area contributed by atoms with Crippen molar-refractivity contribution >= 4 is 17.3 Å². The fraction of sp³-hybridized carbons (Fsp3) is 0.400. The van der Waals surface area contributed by atoms with Gasteiger partial charge in [-0.1, -0.05) is 32.0 Å². The first-order valence-electron chi connectivity index (χ1n) is 10.9. The van der Waals surface area contributed by atoms with Gasteiger partial charge in [-0.15, -0.1) is 0 Å². The van der Waals surface area contributed by atoms with Crippen LogP contribution in [0.5, 0.6) is 0 Å². The number of piperidine rings is 1. The van der Waals surface area contributed by atoms with Gasteiger partial charge in [0, 0.05) is 36.8 Å². The fourth-order valence-corrected chi connectivity index (χ4v) is 4.24. The molecule has 0 radical (unpaired) electrons. The van der Waals surface area contributed by atoms with Crippen molar-refractivity contribution in [3.63, 3.8) is 0 Å². The maximum Gasteiger partial charge on any atom is 0.255 e. The molecule has 0 spiro atoms. The van der Waals surface area contributed by atoms with Gasteiger partial charge in [0.05, 0.1) is 17.0 Å². The van der Waals surface area contributed by atoms with Crippen molar-refractivity contribution in [2.75, 3.05) is 13.1 Å². The molecule has 2 aromatic heterocycles. The summed E-state index contributed by atoms with van der Waals surface area (Å²) >= 11 is 0. The molecule has 0 atom stereocenters. The Kier molecular flexibility index (Phi) is 5.71. The number of aryl methyl sites for hydroxylation is 1. The van der Waals surface area contributed by atoms with Crippen LogP contribution in [0.25, 0.3) is 16.9 Å². The molecular formula is C25H29N3O2. The molecule has 1 aromatic carbocycles. The lowest BCUT2D eigenvalue weighted by molar-refractivity contribution is 0.0723. The van der Waals surface area contributed by atoms with Crippen molar-refractivity contribution in [2.24, 2.45) is 5.92 Å². The van der Waals surface area contributed by atoms with Crippen LogP contribution < -0.4 is 0 Å². The monoisotopic (exact) mass is 403 g/mol. The third-order valence-corrected chi connectivity index (χ3v) is 5.73. The summed E-state index contributed by atoms with van der Waals surface area (Å²) < 4.78 is 1.98. The minimum Gasteiger partial charge on any atom is -0.339 e. The van der Waals surface area contributed by atoms with Crippen molar-refractivity contribution in [2.45, 2.75) is 46.5 Å². The number of imidazole rings is 1. The summed E-state index contributed by atoms with van der Waals surface area (Å²) in [5.74, 6) is 0.552. The number of fused-ring (bicyclic) bond motifs is 1.